The molecular weight excluding hydrogens is 298 g/mol. The molecule has 24 heavy (non-hydrogen) atoms. The molecule has 5 nitrogen and oxygen atoms in total. The van der Waals surface area contributed by atoms with Gasteiger partial charge in [0.1, 0.15) is 5.82 Å². The van der Waals surface area contributed by atoms with Crippen LogP contribution in [0.2, 0.25) is 0 Å². The molecule has 0 atom stereocenters. The zero-order chi connectivity index (χ0) is 16.7. The fourth-order valence-corrected chi connectivity index (χ4v) is 2.98. The minimum atomic E-state index is 0.745. The number of nitrogens with one attached hydrogen (secondary N) is 2. The summed E-state index contributed by atoms with van der Waals surface area (Å²) in [5.41, 5.74) is 6.57. The van der Waals surface area contributed by atoms with Crippen LogP contribution < -0.4 is 5.32 Å². The van der Waals surface area contributed by atoms with Crippen LogP contribution in [0.4, 0.5) is 5.82 Å². The number of aromatic nitrogens is 4. The highest BCUT2D eigenvalue weighted by molar-refractivity contribution is 5.79. The number of aryl methyl sites for hydroxylation is 3. The number of anilines is 1. The largest absolute Gasteiger partial charge is 0.366 e. The fraction of sp³-hybridized carbons (Fsp3) is 0.263. The first kappa shape index (κ1) is 14.8. The molecule has 0 spiro atoms. The lowest BCUT2D eigenvalue weighted by Gasteiger charge is -2.10. The molecule has 0 aliphatic rings. The van der Waals surface area contributed by atoms with Crippen LogP contribution in [0.5, 0.6) is 0 Å². The summed E-state index contributed by atoms with van der Waals surface area (Å²) in [4.78, 5) is 7.98. The Balaban J connectivity index is 1.69. The molecule has 0 aliphatic carbocycles. The first-order valence-corrected chi connectivity index (χ1v) is 8.31. The van der Waals surface area contributed by atoms with E-state index in [1.54, 1.807) is 0 Å². The first-order chi connectivity index (χ1) is 11.7. The maximum Gasteiger partial charge on any atom is 0.160 e. The Labute approximate surface area is 140 Å². The Morgan fingerprint density at radius 3 is 2.88 bits per heavy atom. The molecule has 0 fully saturated rings. The third-order valence-corrected chi connectivity index (χ3v) is 4.57. The highest BCUT2D eigenvalue weighted by Crippen LogP contribution is 2.20. The number of hydrogen-bond acceptors (Lipinski definition) is 3. The summed E-state index contributed by atoms with van der Waals surface area (Å²) in [7, 11) is 0. The lowest BCUT2D eigenvalue weighted by Crippen LogP contribution is -2.07. The monoisotopic (exact) mass is 319 g/mol. The quantitative estimate of drug-likeness (QED) is 0.598. The zero-order valence-corrected chi connectivity index (χ0v) is 14.2. The van der Waals surface area contributed by atoms with E-state index in [0.717, 1.165) is 46.9 Å². The SMILES string of the molecule is CCc1cc(NCc2ccc3cc[nH]c3c2)n2nc(C)c(C)c2n1. The van der Waals surface area contributed by atoms with E-state index in [1.807, 2.05) is 17.6 Å². The number of rotatable bonds is 4. The third kappa shape index (κ3) is 2.42. The Morgan fingerprint density at radius 2 is 2.04 bits per heavy atom. The molecule has 1 aromatic carbocycles. The van der Waals surface area contributed by atoms with Gasteiger partial charge >= 0.3 is 0 Å². The van der Waals surface area contributed by atoms with Crippen LogP contribution in [0, 0.1) is 13.8 Å². The second-order valence-electron chi connectivity index (χ2n) is 6.18. The van der Waals surface area contributed by atoms with Gasteiger partial charge in [-0.15, -0.1) is 0 Å². The van der Waals surface area contributed by atoms with Crippen LogP contribution in [-0.4, -0.2) is 19.6 Å². The molecule has 4 aromatic rings. The number of H-pyrrole nitrogens is 1. The molecule has 4 rings (SSSR count). The zero-order valence-electron chi connectivity index (χ0n) is 14.2. The van der Waals surface area contributed by atoms with Crippen molar-refractivity contribution in [3.05, 3.63) is 59.0 Å². The van der Waals surface area contributed by atoms with Gasteiger partial charge in [-0.25, -0.2) is 4.98 Å². The molecule has 3 aromatic heterocycles. The molecular formula is C19H21N5. The van der Waals surface area contributed by atoms with Crippen LogP contribution in [0.25, 0.3) is 16.6 Å². The summed E-state index contributed by atoms with van der Waals surface area (Å²) < 4.78 is 1.91. The van der Waals surface area contributed by atoms with Gasteiger partial charge in [-0.3, -0.25) is 0 Å². The molecule has 122 valence electrons. The van der Waals surface area contributed by atoms with Crippen molar-refractivity contribution in [2.75, 3.05) is 5.32 Å². The predicted octanol–water partition coefficient (Wildman–Crippen LogP) is 4.00. The van der Waals surface area contributed by atoms with Gasteiger partial charge in [0.05, 0.1) is 5.69 Å². The number of hydrogen-bond donors (Lipinski definition) is 2. The Bertz CT molecular complexity index is 1030. The van der Waals surface area contributed by atoms with Crippen molar-refractivity contribution in [2.24, 2.45) is 0 Å². The second kappa shape index (κ2) is 5.67. The van der Waals surface area contributed by atoms with Gasteiger partial charge in [0.25, 0.3) is 0 Å². The molecule has 0 amide bonds. The topological polar surface area (TPSA) is 58.0 Å². The van der Waals surface area contributed by atoms with Gasteiger partial charge in [-0.2, -0.15) is 9.61 Å². The van der Waals surface area contributed by atoms with E-state index in [0.29, 0.717) is 0 Å². The van der Waals surface area contributed by atoms with Gasteiger partial charge in [-0.05, 0) is 43.4 Å². The molecule has 0 unspecified atom stereocenters. The Morgan fingerprint density at radius 1 is 1.17 bits per heavy atom. The predicted molar refractivity (Wildman–Crippen MR) is 97.5 cm³/mol. The van der Waals surface area contributed by atoms with Gasteiger partial charge in [0.2, 0.25) is 0 Å². The molecule has 0 bridgehead atoms. The van der Waals surface area contributed by atoms with Crippen LogP contribution in [0.1, 0.15) is 29.4 Å². The van der Waals surface area contributed by atoms with Gasteiger partial charge < -0.3 is 10.3 Å². The Hall–Kier alpha value is -2.82. The number of fused-ring (bicyclic) bond motifs is 2. The highest BCUT2D eigenvalue weighted by atomic mass is 15.3. The average molecular weight is 319 g/mol. The first-order valence-electron chi connectivity index (χ1n) is 8.31. The van der Waals surface area contributed by atoms with Crippen LogP contribution >= 0.6 is 0 Å². The smallest absolute Gasteiger partial charge is 0.160 e. The van der Waals surface area contributed by atoms with Crippen molar-refractivity contribution in [2.45, 2.75) is 33.7 Å². The summed E-state index contributed by atoms with van der Waals surface area (Å²) in [6.07, 6.45) is 2.88. The van der Waals surface area contributed by atoms with E-state index < -0.39 is 0 Å². The van der Waals surface area contributed by atoms with Crippen molar-refractivity contribution in [3.8, 4) is 0 Å². The summed E-state index contributed by atoms with van der Waals surface area (Å²) in [6.45, 7) is 6.97. The molecule has 3 heterocycles. The van der Waals surface area contributed by atoms with Crippen molar-refractivity contribution in [3.63, 3.8) is 0 Å². The lowest BCUT2D eigenvalue weighted by atomic mass is 10.1. The molecule has 2 N–H and O–H groups in total. The molecule has 0 saturated heterocycles. The number of nitrogens with zero attached hydrogens (tertiary/aromatic N) is 3. The second-order valence-corrected chi connectivity index (χ2v) is 6.18. The fourth-order valence-electron chi connectivity index (χ4n) is 2.98. The van der Waals surface area contributed by atoms with E-state index in [9.17, 15) is 0 Å². The molecule has 0 radical (unpaired) electrons. The number of benzene rings is 1. The average Bonchev–Trinajstić information content (AvgIpc) is 3.17. The molecule has 0 saturated carbocycles. The minimum Gasteiger partial charge on any atom is -0.366 e. The molecule has 5 heteroatoms. The van der Waals surface area contributed by atoms with Crippen molar-refractivity contribution >= 4 is 22.4 Å². The van der Waals surface area contributed by atoms with Gasteiger partial charge in [0.15, 0.2) is 5.65 Å². The summed E-state index contributed by atoms with van der Waals surface area (Å²) >= 11 is 0. The Kier molecular flexibility index (Phi) is 3.49. The van der Waals surface area contributed by atoms with E-state index in [4.69, 9.17) is 4.98 Å². The van der Waals surface area contributed by atoms with E-state index in [-0.39, 0.29) is 0 Å². The maximum atomic E-state index is 4.72. The van der Waals surface area contributed by atoms with Crippen molar-refractivity contribution in [1.82, 2.24) is 19.6 Å². The standard InChI is InChI=1S/C19H21N5/c1-4-16-10-18(24-19(22-16)12(2)13(3)23-24)21-11-14-5-6-15-7-8-20-17(15)9-14/h5-10,20-21H,4,11H2,1-3H3. The highest BCUT2D eigenvalue weighted by Gasteiger charge is 2.11. The lowest BCUT2D eigenvalue weighted by molar-refractivity contribution is 0.889. The van der Waals surface area contributed by atoms with E-state index >= 15 is 0 Å². The minimum absolute atomic E-state index is 0.745. The van der Waals surface area contributed by atoms with Gasteiger partial charge in [-0.1, -0.05) is 19.1 Å². The summed E-state index contributed by atoms with van der Waals surface area (Å²) in [5.74, 6) is 0.986. The summed E-state index contributed by atoms with van der Waals surface area (Å²) in [6, 6.07) is 10.7. The van der Waals surface area contributed by atoms with Crippen LogP contribution in [0.15, 0.2) is 36.5 Å². The van der Waals surface area contributed by atoms with E-state index in [1.165, 1.54) is 10.9 Å². The molecule has 0 aliphatic heterocycles. The van der Waals surface area contributed by atoms with Crippen LogP contribution in [-0.2, 0) is 13.0 Å². The normalized spacial score (nSPS) is 11.5. The van der Waals surface area contributed by atoms with E-state index in [2.05, 4.69) is 59.6 Å². The third-order valence-electron chi connectivity index (χ3n) is 4.57. The van der Waals surface area contributed by atoms with Crippen LogP contribution in [0.3, 0.4) is 0 Å². The van der Waals surface area contributed by atoms with Gasteiger partial charge in [0, 0.05) is 35.6 Å². The van der Waals surface area contributed by atoms with Crippen molar-refractivity contribution < 1.29 is 0 Å². The summed E-state index contributed by atoms with van der Waals surface area (Å²) in [5, 5.41) is 9.38. The maximum absolute atomic E-state index is 4.72. The number of aromatic amines is 1. The van der Waals surface area contributed by atoms with Crippen molar-refractivity contribution in [1.29, 1.82) is 0 Å².